The summed E-state index contributed by atoms with van der Waals surface area (Å²) >= 11 is 5.67. The normalized spacial score (nSPS) is 11.8. The molecular weight excluding hydrogens is 187 g/mol. The van der Waals surface area contributed by atoms with Crippen LogP contribution in [-0.2, 0) is 6.42 Å². The lowest BCUT2D eigenvalue weighted by Crippen LogP contribution is -2.10. The van der Waals surface area contributed by atoms with Crippen LogP contribution >= 0.6 is 11.6 Å². The summed E-state index contributed by atoms with van der Waals surface area (Å²) in [7, 11) is 0. The van der Waals surface area contributed by atoms with Crippen LogP contribution in [0.25, 0.3) is 0 Å². The average molecular weight is 201 g/mol. The van der Waals surface area contributed by atoms with Crippen LogP contribution in [-0.4, -0.2) is 0 Å². The van der Waals surface area contributed by atoms with Crippen molar-refractivity contribution in [2.75, 3.05) is 0 Å². The molecule has 0 N–H and O–H groups in total. The van der Waals surface area contributed by atoms with E-state index in [1.54, 1.807) is 18.2 Å². The molecule has 0 amide bonds. The van der Waals surface area contributed by atoms with E-state index in [4.69, 9.17) is 11.6 Å². The van der Waals surface area contributed by atoms with Crippen molar-refractivity contribution in [3.8, 4) is 0 Å². The Hall–Kier alpha value is -0.560. The van der Waals surface area contributed by atoms with Gasteiger partial charge in [-0.2, -0.15) is 0 Å². The molecule has 0 saturated carbocycles. The Labute approximate surface area is 83.7 Å². The van der Waals surface area contributed by atoms with Gasteiger partial charge in [-0.05, 0) is 23.5 Å². The summed E-state index contributed by atoms with van der Waals surface area (Å²) in [4.78, 5) is 0. The monoisotopic (exact) mass is 200 g/mol. The van der Waals surface area contributed by atoms with E-state index in [-0.39, 0.29) is 16.3 Å². The Morgan fingerprint density at radius 1 is 1.31 bits per heavy atom. The second-order valence-corrected chi connectivity index (χ2v) is 4.86. The first-order valence-corrected chi connectivity index (χ1v) is 4.71. The molecule has 0 saturated heterocycles. The summed E-state index contributed by atoms with van der Waals surface area (Å²) < 4.78 is 13.4. The maximum Gasteiger partial charge on any atom is 0.144 e. The van der Waals surface area contributed by atoms with Crippen molar-refractivity contribution in [3.05, 3.63) is 34.6 Å². The van der Waals surface area contributed by atoms with Crippen molar-refractivity contribution in [1.29, 1.82) is 0 Å². The summed E-state index contributed by atoms with van der Waals surface area (Å²) in [6.45, 7) is 6.23. The molecule has 13 heavy (non-hydrogen) atoms. The lowest BCUT2D eigenvalue weighted by molar-refractivity contribution is 0.402. The molecule has 0 nitrogen and oxygen atoms in total. The highest BCUT2D eigenvalue weighted by Gasteiger charge is 2.15. The highest BCUT2D eigenvalue weighted by molar-refractivity contribution is 6.30. The molecule has 0 aliphatic carbocycles. The van der Waals surface area contributed by atoms with Crippen LogP contribution < -0.4 is 0 Å². The van der Waals surface area contributed by atoms with Gasteiger partial charge in [0.15, 0.2) is 0 Å². The molecule has 1 rings (SSSR count). The van der Waals surface area contributed by atoms with Crippen LogP contribution in [0.2, 0.25) is 5.02 Å². The van der Waals surface area contributed by atoms with Crippen molar-refractivity contribution in [2.45, 2.75) is 27.2 Å². The lowest BCUT2D eigenvalue weighted by Gasteiger charge is -2.18. The highest BCUT2D eigenvalue weighted by atomic mass is 35.5. The number of hydrogen-bond donors (Lipinski definition) is 0. The van der Waals surface area contributed by atoms with Crippen molar-refractivity contribution >= 4 is 11.6 Å². The third kappa shape index (κ3) is 3.00. The molecule has 0 radical (unpaired) electrons. The first kappa shape index (κ1) is 10.5. The van der Waals surface area contributed by atoms with E-state index < -0.39 is 0 Å². The first-order valence-electron chi connectivity index (χ1n) is 4.33. The summed E-state index contributed by atoms with van der Waals surface area (Å²) in [6.07, 6.45) is 0.708. The lowest BCUT2D eigenvalue weighted by atomic mass is 9.88. The molecule has 2 heteroatoms. The van der Waals surface area contributed by atoms with E-state index in [0.29, 0.717) is 12.0 Å². The first-order chi connectivity index (χ1) is 5.90. The van der Waals surface area contributed by atoms with Crippen molar-refractivity contribution < 1.29 is 4.39 Å². The smallest absolute Gasteiger partial charge is 0.144 e. The molecule has 0 aliphatic heterocycles. The summed E-state index contributed by atoms with van der Waals surface area (Å²) in [5.41, 5.74) is 0.783. The van der Waals surface area contributed by atoms with E-state index in [1.807, 2.05) is 0 Å². The van der Waals surface area contributed by atoms with E-state index in [2.05, 4.69) is 20.8 Å². The largest absolute Gasteiger partial charge is 0.205 e. The van der Waals surface area contributed by atoms with Crippen LogP contribution in [0.5, 0.6) is 0 Å². The molecule has 0 bridgehead atoms. The molecule has 1 aromatic carbocycles. The summed E-state index contributed by atoms with van der Waals surface area (Å²) in [6, 6.07) is 5.14. The molecular formula is C11H14ClF. The number of rotatable bonds is 1. The minimum Gasteiger partial charge on any atom is -0.205 e. The third-order valence-corrected chi connectivity index (χ3v) is 2.04. The molecule has 0 aliphatic rings. The fourth-order valence-electron chi connectivity index (χ4n) is 1.26. The molecule has 0 heterocycles. The van der Waals surface area contributed by atoms with Gasteiger partial charge in [-0.1, -0.05) is 44.5 Å². The van der Waals surface area contributed by atoms with Gasteiger partial charge < -0.3 is 0 Å². The van der Waals surface area contributed by atoms with Crippen LogP contribution in [0.15, 0.2) is 18.2 Å². The van der Waals surface area contributed by atoms with Gasteiger partial charge in [-0.15, -0.1) is 0 Å². The van der Waals surface area contributed by atoms with Crippen molar-refractivity contribution in [1.82, 2.24) is 0 Å². The van der Waals surface area contributed by atoms with Gasteiger partial charge in [0.1, 0.15) is 5.82 Å². The number of halogens is 2. The number of benzene rings is 1. The van der Waals surface area contributed by atoms with Gasteiger partial charge in [0.2, 0.25) is 0 Å². The molecule has 0 fully saturated rings. The third-order valence-electron chi connectivity index (χ3n) is 1.75. The minimum absolute atomic E-state index is 0.0888. The van der Waals surface area contributed by atoms with Crippen LogP contribution in [0.4, 0.5) is 4.39 Å². The maximum atomic E-state index is 13.4. The average Bonchev–Trinajstić information content (AvgIpc) is 1.96. The van der Waals surface area contributed by atoms with Gasteiger partial charge in [0.05, 0.1) is 5.02 Å². The van der Waals surface area contributed by atoms with Gasteiger partial charge in [0, 0.05) is 0 Å². The summed E-state index contributed by atoms with van der Waals surface area (Å²) in [5.74, 6) is -0.279. The van der Waals surface area contributed by atoms with E-state index in [0.717, 1.165) is 0 Å². The molecule has 0 spiro atoms. The fraction of sp³-hybridized carbons (Fsp3) is 0.455. The zero-order valence-corrected chi connectivity index (χ0v) is 8.95. The maximum absolute atomic E-state index is 13.4. The van der Waals surface area contributed by atoms with Crippen molar-refractivity contribution in [3.63, 3.8) is 0 Å². The molecule has 1 aromatic rings. The van der Waals surface area contributed by atoms with Gasteiger partial charge in [0.25, 0.3) is 0 Å². The topological polar surface area (TPSA) is 0 Å². The van der Waals surface area contributed by atoms with Crippen LogP contribution in [0.3, 0.4) is 0 Å². The SMILES string of the molecule is CC(C)(C)Cc1cccc(Cl)c1F. The Kier molecular flexibility index (Phi) is 2.97. The molecule has 0 atom stereocenters. The van der Waals surface area contributed by atoms with Crippen LogP contribution in [0, 0.1) is 11.2 Å². The Bertz CT molecular complexity index is 299. The minimum atomic E-state index is -0.279. The van der Waals surface area contributed by atoms with Gasteiger partial charge >= 0.3 is 0 Å². The Morgan fingerprint density at radius 2 is 1.92 bits per heavy atom. The zero-order chi connectivity index (χ0) is 10.1. The van der Waals surface area contributed by atoms with E-state index in [1.165, 1.54) is 0 Å². The Balaban J connectivity index is 2.96. The second-order valence-electron chi connectivity index (χ2n) is 4.45. The highest BCUT2D eigenvalue weighted by Crippen LogP contribution is 2.25. The second kappa shape index (κ2) is 3.67. The molecule has 0 aromatic heterocycles. The van der Waals surface area contributed by atoms with Gasteiger partial charge in [-0.25, -0.2) is 4.39 Å². The quantitative estimate of drug-likeness (QED) is 0.641. The number of hydrogen-bond acceptors (Lipinski definition) is 0. The van der Waals surface area contributed by atoms with Crippen LogP contribution in [0.1, 0.15) is 26.3 Å². The molecule has 72 valence electrons. The van der Waals surface area contributed by atoms with Crippen molar-refractivity contribution in [2.24, 2.45) is 5.41 Å². The fourth-order valence-corrected chi connectivity index (χ4v) is 1.45. The zero-order valence-electron chi connectivity index (χ0n) is 8.20. The van der Waals surface area contributed by atoms with E-state index in [9.17, 15) is 4.39 Å². The Morgan fingerprint density at radius 3 is 2.46 bits per heavy atom. The summed E-state index contributed by atoms with van der Waals surface area (Å²) in [5, 5.41) is 0.210. The standard InChI is InChI=1S/C11H14ClF/c1-11(2,3)7-8-5-4-6-9(12)10(8)13/h4-6H,7H2,1-3H3. The van der Waals surface area contributed by atoms with E-state index >= 15 is 0 Å². The predicted molar refractivity (Wildman–Crippen MR) is 54.6 cm³/mol. The predicted octanol–water partition coefficient (Wildman–Crippen LogP) is 4.07. The molecule has 0 unspecified atom stereocenters. The van der Waals surface area contributed by atoms with Gasteiger partial charge in [-0.3, -0.25) is 0 Å².